The fraction of sp³-hybridized carbons (Fsp3) is 0.222. The summed E-state index contributed by atoms with van der Waals surface area (Å²) in [5, 5.41) is 11.3. The number of anilines is 1. The van der Waals surface area contributed by atoms with E-state index in [2.05, 4.69) is 5.32 Å². The summed E-state index contributed by atoms with van der Waals surface area (Å²) < 4.78 is 17.1. The van der Waals surface area contributed by atoms with Gasteiger partial charge in [0.2, 0.25) is 12.7 Å². The molecule has 3 aromatic rings. The van der Waals surface area contributed by atoms with Crippen LogP contribution in [0.2, 0.25) is 0 Å². The van der Waals surface area contributed by atoms with Crippen molar-refractivity contribution in [3.05, 3.63) is 82.9 Å². The zero-order valence-corrected chi connectivity index (χ0v) is 18.7. The SMILES string of the molecule is N#CCCNC(=O)c1ccc(CN2C(=O)C3(COc4cc5c(cc43)OCO5)c3ccccc32)cc1. The van der Waals surface area contributed by atoms with Crippen LogP contribution in [0.1, 0.15) is 33.5 Å². The predicted molar refractivity (Wildman–Crippen MR) is 125 cm³/mol. The molecule has 0 radical (unpaired) electrons. The van der Waals surface area contributed by atoms with E-state index in [1.54, 1.807) is 23.1 Å². The Labute approximate surface area is 201 Å². The second-order valence-corrected chi connectivity index (χ2v) is 8.67. The Hall–Kier alpha value is -4.51. The minimum atomic E-state index is -0.951. The van der Waals surface area contributed by atoms with Crippen molar-refractivity contribution in [2.24, 2.45) is 0 Å². The molecule has 0 aliphatic carbocycles. The van der Waals surface area contributed by atoms with Gasteiger partial charge in [-0.2, -0.15) is 5.26 Å². The lowest BCUT2D eigenvalue weighted by molar-refractivity contribution is -0.122. The molecule has 1 atom stereocenters. The Morgan fingerprint density at radius 2 is 1.77 bits per heavy atom. The van der Waals surface area contributed by atoms with Crippen LogP contribution < -0.4 is 24.4 Å². The standard InChI is InChI=1S/C27H21N3O5/c28-10-3-11-29-25(31)18-8-6-17(7-9-18)14-30-21-5-2-1-4-19(21)27(26(30)32)15-33-22-13-24-23(12-20(22)27)34-16-35-24/h1-2,4-9,12-13H,3,11,14-16H2,(H,29,31). The molecule has 8 nitrogen and oxygen atoms in total. The van der Waals surface area contributed by atoms with Gasteiger partial charge in [0.25, 0.3) is 5.91 Å². The van der Waals surface area contributed by atoms with E-state index in [4.69, 9.17) is 19.5 Å². The highest BCUT2D eigenvalue weighted by atomic mass is 16.7. The Morgan fingerprint density at radius 1 is 1.00 bits per heavy atom. The number of amides is 2. The highest BCUT2D eigenvalue weighted by molar-refractivity contribution is 6.11. The molecular formula is C27H21N3O5. The zero-order chi connectivity index (χ0) is 24.0. The van der Waals surface area contributed by atoms with Crippen molar-refractivity contribution in [2.75, 3.05) is 24.8 Å². The summed E-state index contributed by atoms with van der Waals surface area (Å²) in [5.41, 5.74) is 2.97. The Kier molecular flexibility index (Phi) is 4.85. The van der Waals surface area contributed by atoms with E-state index in [0.29, 0.717) is 35.9 Å². The van der Waals surface area contributed by atoms with Gasteiger partial charge in [-0.25, -0.2) is 0 Å². The maximum Gasteiger partial charge on any atom is 0.251 e. The second-order valence-electron chi connectivity index (χ2n) is 8.67. The third-order valence-corrected chi connectivity index (χ3v) is 6.72. The van der Waals surface area contributed by atoms with Crippen molar-refractivity contribution < 1.29 is 23.8 Å². The highest BCUT2D eigenvalue weighted by Gasteiger charge is 2.57. The first kappa shape index (κ1) is 21.1. The number of ether oxygens (including phenoxy) is 3. The van der Waals surface area contributed by atoms with Crippen LogP contribution in [-0.4, -0.2) is 31.8 Å². The van der Waals surface area contributed by atoms with Crippen molar-refractivity contribution in [3.8, 4) is 23.3 Å². The van der Waals surface area contributed by atoms with Gasteiger partial charge in [-0.15, -0.1) is 0 Å². The molecule has 0 saturated heterocycles. The topological polar surface area (TPSA) is 101 Å². The number of para-hydroxylation sites is 1. The van der Waals surface area contributed by atoms with Gasteiger partial charge in [-0.05, 0) is 35.4 Å². The lowest BCUT2D eigenvalue weighted by atomic mass is 9.77. The molecule has 0 saturated carbocycles. The molecule has 0 fully saturated rings. The molecule has 0 aromatic heterocycles. The number of fused-ring (bicyclic) bond motifs is 5. The van der Waals surface area contributed by atoms with Crippen LogP contribution in [0.5, 0.6) is 17.2 Å². The number of benzene rings is 3. The summed E-state index contributed by atoms with van der Waals surface area (Å²) in [7, 11) is 0. The number of carbonyl (C=O) groups is 2. The van der Waals surface area contributed by atoms with E-state index < -0.39 is 5.41 Å². The minimum absolute atomic E-state index is 0.0605. The molecule has 8 heteroatoms. The zero-order valence-electron chi connectivity index (χ0n) is 18.7. The summed E-state index contributed by atoms with van der Waals surface area (Å²) in [4.78, 5) is 28.1. The highest BCUT2D eigenvalue weighted by Crippen LogP contribution is 2.55. The summed E-state index contributed by atoms with van der Waals surface area (Å²) in [5.74, 6) is 1.57. The molecular weight excluding hydrogens is 446 g/mol. The number of hydrogen-bond acceptors (Lipinski definition) is 6. The van der Waals surface area contributed by atoms with Crippen LogP contribution >= 0.6 is 0 Å². The largest absolute Gasteiger partial charge is 0.491 e. The number of rotatable bonds is 5. The maximum absolute atomic E-state index is 14.1. The van der Waals surface area contributed by atoms with Gasteiger partial charge >= 0.3 is 0 Å². The summed E-state index contributed by atoms with van der Waals surface area (Å²) >= 11 is 0. The van der Waals surface area contributed by atoms with E-state index in [0.717, 1.165) is 22.4 Å². The van der Waals surface area contributed by atoms with Crippen LogP contribution in [0, 0.1) is 11.3 Å². The summed E-state index contributed by atoms with van der Waals surface area (Å²) in [6, 6.07) is 20.6. The van der Waals surface area contributed by atoms with Gasteiger partial charge in [0.05, 0.1) is 19.0 Å². The predicted octanol–water partition coefficient (Wildman–Crippen LogP) is 3.28. The molecule has 1 spiro atoms. The first-order valence-electron chi connectivity index (χ1n) is 11.3. The van der Waals surface area contributed by atoms with E-state index >= 15 is 0 Å². The van der Waals surface area contributed by atoms with Crippen LogP contribution in [0.4, 0.5) is 5.69 Å². The number of hydrogen-bond donors (Lipinski definition) is 1. The van der Waals surface area contributed by atoms with Gasteiger partial charge in [0, 0.05) is 29.4 Å². The van der Waals surface area contributed by atoms with Crippen LogP contribution in [0.3, 0.4) is 0 Å². The molecule has 3 aliphatic heterocycles. The lowest BCUT2D eigenvalue weighted by Crippen LogP contribution is -2.42. The molecule has 3 aliphatic rings. The lowest BCUT2D eigenvalue weighted by Gasteiger charge is -2.23. The molecule has 174 valence electrons. The van der Waals surface area contributed by atoms with Crippen molar-refractivity contribution in [3.63, 3.8) is 0 Å². The number of nitrogens with one attached hydrogen (secondary N) is 1. The van der Waals surface area contributed by atoms with Gasteiger partial charge in [0.15, 0.2) is 11.5 Å². The molecule has 6 rings (SSSR count). The van der Waals surface area contributed by atoms with E-state index in [1.165, 1.54) is 0 Å². The number of nitriles is 1. The third-order valence-electron chi connectivity index (χ3n) is 6.72. The molecule has 35 heavy (non-hydrogen) atoms. The van der Waals surface area contributed by atoms with Crippen molar-refractivity contribution in [1.82, 2.24) is 5.32 Å². The Bertz CT molecular complexity index is 1390. The normalized spacial score (nSPS) is 18.7. The van der Waals surface area contributed by atoms with Crippen molar-refractivity contribution in [2.45, 2.75) is 18.4 Å². The average molecular weight is 467 g/mol. The van der Waals surface area contributed by atoms with E-state index in [1.807, 2.05) is 48.5 Å². The molecule has 0 bridgehead atoms. The second kappa shape index (κ2) is 8.06. The number of nitrogens with zero attached hydrogens (tertiary/aromatic N) is 2. The van der Waals surface area contributed by atoms with Gasteiger partial charge in [-0.1, -0.05) is 30.3 Å². The first-order valence-corrected chi connectivity index (χ1v) is 11.3. The summed E-state index contributed by atoms with van der Waals surface area (Å²) in [6.07, 6.45) is 0.261. The van der Waals surface area contributed by atoms with Crippen molar-refractivity contribution in [1.29, 1.82) is 5.26 Å². The van der Waals surface area contributed by atoms with Gasteiger partial charge < -0.3 is 24.4 Å². The van der Waals surface area contributed by atoms with E-state index in [9.17, 15) is 9.59 Å². The average Bonchev–Trinajstić information content (AvgIpc) is 3.56. The molecule has 2 amide bonds. The minimum Gasteiger partial charge on any atom is -0.491 e. The summed E-state index contributed by atoms with van der Waals surface area (Å²) in [6.45, 7) is 1.02. The van der Waals surface area contributed by atoms with Crippen LogP contribution in [0.15, 0.2) is 60.7 Å². The third kappa shape index (κ3) is 3.20. The fourth-order valence-electron chi connectivity index (χ4n) is 5.00. The Balaban J connectivity index is 1.31. The smallest absolute Gasteiger partial charge is 0.251 e. The quantitative estimate of drug-likeness (QED) is 0.578. The molecule has 3 heterocycles. The van der Waals surface area contributed by atoms with Gasteiger partial charge in [0.1, 0.15) is 17.8 Å². The fourth-order valence-corrected chi connectivity index (χ4v) is 5.00. The number of carbonyl (C=O) groups excluding carboxylic acids is 2. The monoisotopic (exact) mass is 467 g/mol. The molecule has 1 N–H and O–H groups in total. The van der Waals surface area contributed by atoms with E-state index in [-0.39, 0.29) is 31.6 Å². The molecule has 1 unspecified atom stereocenters. The van der Waals surface area contributed by atoms with Crippen molar-refractivity contribution >= 4 is 17.5 Å². The van der Waals surface area contributed by atoms with Crippen LogP contribution in [-0.2, 0) is 16.8 Å². The molecule has 3 aromatic carbocycles. The first-order chi connectivity index (χ1) is 17.1. The Morgan fingerprint density at radius 3 is 2.57 bits per heavy atom. The van der Waals surface area contributed by atoms with Crippen LogP contribution in [0.25, 0.3) is 0 Å². The maximum atomic E-state index is 14.1. The van der Waals surface area contributed by atoms with Gasteiger partial charge in [-0.3, -0.25) is 9.59 Å².